The summed E-state index contributed by atoms with van der Waals surface area (Å²) in [5, 5.41) is 0.766. The van der Waals surface area contributed by atoms with Gasteiger partial charge >= 0.3 is 0 Å². The molecule has 0 aliphatic carbocycles. The van der Waals surface area contributed by atoms with Gasteiger partial charge in [0.05, 0.1) is 0 Å². The summed E-state index contributed by atoms with van der Waals surface area (Å²) in [6.45, 7) is 3.17. The molecule has 1 aromatic heterocycles. The standard InChI is InChI=1S/C15H20ClN3S/c1-2-7-19-8-6-18-15(19)10-13(17)11-20-14-5-3-4-12(16)9-14/h3-6,8-9,13H,2,7,10-11,17H2,1H3. The van der Waals surface area contributed by atoms with Crippen LogP contribution in [-0.4, -0.2) is 21.3 Å². The topological polar surface area (TPSA) is 43.8 Å². The first kappa shape index (κ1) is 15.4. The summed E-state index contributed by atoms with van der Waals surface area (Å²) in [6, 6.07) is 7.96. The Balaban J connectivity index is 1.86. The lowest BCUT2D eigenvalue weighted by atomic mass is 10.2. The molecule has 1 heterocycles. The van der Waals surface area contributed by atoms with E-state index in [1.807, 2.05) is 30.6 Å². The molecule has 108 valence electrons. The van der Waals surface area contributed by atoms with Crippen molar-refractivity contribution in [2.24, 2.45) is 5.73 Å². The molecule has 0 aliphatic rings. The van der Waals surface area contributed by atoms with Gasteiger partial charge in [0.25, 0.3) is 0 Å². The molecule has 1 aromatic carbocycles. The van der Waals surface area contributed by atoms with Gasteiger partial charge in [-0.1, -0.05) is 24.6 Å². The molecule has 1 atom stereocenters. The lowest BCUT2D eigenvalue weighted by Gasteiger charge is -2.12. The first-order valence-electron chi connectivity index (χ1n) is 6.83. The summed E-state index contributed by atoms with van der Waals surface area (Å²) >= 11 is 7.71. The number of rotatable bonds is 7. The zero-order chi connectivity index (χ0) is 14.4. The second kappa shape index (κ2) is 7.72. The smallest absolute Gasteiger partial charge is 0.110 e. The van der Waals surface area contributed by atoms with Crippen LogP contribution in [0.5, 0.6) is 0 Å². The third-order valence-electron chi connectivity index (χ3n) is 2.97. The number of imidazole rings is 1. The maximum atomic E-state index is 6.21. The van der Waals surface area contributed by atoms with Crippen LogP contribution in [0, 0.1) is 0 Å². The summed E-state index contributed by atoms with van der Waals surface area (Å²) in [6.07, 6.45) is 5.79. The summed E-state index contributed by atoms with van der Waals surface area (Å²) < 4.78 is 2.18. The van der Waals surface area contributed by atoms with E-state index < -0.39 is 0 Å². The van der Waals surface area contributed by atoms with E-state index in [1.54, 1.807) is 11.8 Å². The monoisotopic (exact) mass is 309 g/mol. The van der Waals surface area contributed by atoms with E-state index in [0.717, 1.165) is 40.9 Å². The predicted molar refractivity (Wildman–Crippen MR) is 86.4 cm³/mol. The number of benzene rings is 1. The molecule has 0 radical (unpaired) electrons. The average molecular weight is 310 g/mol. The molecule has 20 heavy (non-hydrogen) atoms. The molecule has 0 fully saturated rings. The van der Waals surface area contributed by atoms with E-state index >= 15 is 0 Å². The van der Waals surface area contributed by atoms with Gasteiger partial charge in [0.2, 0.25) is 0 Å². The fourth-order valence-corrected chi connectivity index (χ4v) is 3.19. The Kier molecular flexibility index (Phi) is 5.95. The zero-order valence-corrected chi connectivity index (χ0v) is 13.2. The zero-order valence-electron chi connectivity index (χ0n) is 11.6. The largest absolute Gasteiger partial charge is 0.335 e. The molecule has 0 saturated heterocycles. The molecule has 0 spiro atoms. The normalized spacial score (nSPS) is 12.6. The summed E-state index contributed by atoms with van der Waals surface area (Å²) in [5.41, 5.74) is 6.21. The highest BCUT2D eigenvalue weighted by molar-refractivity contribution is 7.99. The van der Waals surface area contributed by atoms with Crippen molar-refractivity contribution in [3.05, 3.63) is 47.5 Å². The van der Waals surface area contributed by atoms with Gasteiger partial charge in [-0.25, -0.2) is 4.98 Å². The maximum absolute atomic E-state index is 6.21. The SMILES string of the molecule is CCCn1ccnc1CC(N)CSc1cccc(Cl)c1. The molecule has 2 aromatic rings. The third kappa shape index (κ3) is 4.54. The van der Waals surface area contributed by atoms with Crippen molar-refractivity contribution in [2.75, 3.05) is 5.75 Å². The molecule has 2 N–H and O–H groups in total. The van der Waals surface area contributed by atoms with Gasteiger partial charge in [-0.05, 0) is 24.6 Å². The number of aryl methyl sites for hydroxylation is 1. The van der Waals surface area contributed by atoms with Crippen molar-refractivity contribution in [2.45, 2.75) is 37.2 Å². The van der Waals surface area contributed by atoms with E-state index in [4.69, 9.17) is 17.3 Å². The number of thioether (sulfide) groups is 1. The minimum Gasteiger partial charge on any atom is -0.335 e. The van der Waals surface area contributed by atoms with Crippen molar-refractivity contribution >= 4 is 23.4 Å². The molecule has 0 saturated carbocycles. The Labute approximate surface area is 129 Å². The Hall–Kier alpha value is -0.970. The maximum Gasteiger partial charge on any atom is 0.110 e. The highest BCUT2D eigenvalue weighted by Crippen LogP contribution is 2.22. The number of aromatic nitrogens is 2. The molecule has 3 nitrogen and oxygen atoms in total. The van der Waals surface area contributed by atoms with Crippen LogP contribution < -0.4 is 5.73 Å². The van der Waals surface area contributed by atoms with Gasteiger partial charge in [0.15, 0.2) is 0 Å². The lowest BCUT2D eigenvalue weighted by molar-refractivity contribution is 0.607. The summed E-state index contributed by atoms with van der Waals surface area (Å²) in [5.74, 6) is 1.94. The third-order valence-corrected chi connectivity index (χ3v) is 4.39. The van der Waals surface area contributed by atoms with E-state index in [9.17, 15) is 0 Å². The highest BCUT2D eigenvalue weighted by atomic mass is 35.5. The van der Waals surface area contributed by atoms with Crippen LogP contribution in [0.15, 0.2) is 41.6 Å². The van der Waals surface area contributed by atoms with Crippen LogP contribution in [0.1, 0.15) is 19.2 Å². The Morgan fingerprint density at radius 2 is 2.30 bits per heavy atom. The number of hydrogen-bond acceptors (Lipinski definition) is 3. The van der Waals surface area contributed by atoms with Gasteiger partial charge in [-0.15, -0.1) is 11.8 Å². The minimum absolute atomic E-state index is 0.0944. The average Bonchev–Trinajstić information content (AvgIpc) is 2.84. The molecule has 5 heteroatoms. The van der Waals surface area contributed by atoms with Gasteiger partial charge in [-0.2, -0.15) is 0 Å². The quantitative estimate of drug-likeness (QED) is 0.795. The van der Waals surface area contributed by atoms with Crippen LogP contribution in [0.2, 0.25) is 5.02 Å². The van der Waals surface area contributed by atoms with Crippen molar-refractivity contribution in [3.8, 4) is 0 Å². The molecule has 1 unspecified atom stereocenters. The van der Waals surface area contributed by atoms with E-state index in [0.29, 0.717) is 0 Å². The first-order valence-corrected chi connectivity index (χ1v) is 8.19. The molecular formula is C15H20ClN3S. The molecule has 0 aliphatic heterocycles. The minimum atomic E-state index is 0.0944. The number of nitrogens with zero attached hydrogens (tertiary/aromatic N) is 2. The fourth-order valence-electron chi connectivity index (χ4n) is 2.03. The van der Waals surface area contributed by atoms with E-state index in [-0.39, 0.29) is 6.04 Å². The molecule has 0 bridgehead atoms. The number of halogens is 1. The van der Waals surface area contributed by atoms with Crippen LogP contribution in [-0.2, 0) is 13.0 Å². The highest BCUT2D eigenvalue weighted by Gasteiger charge is 2.09. The number of nitrogens with two attached hydrogens (primary N) is 1. The van der Waals surface area contributed by atoms with Gasteiger partial charge in [-0.3, -0.25) is 0 Å². The summed E-state index contributed by atoms with van der Waals surface area (Å²) in [4.78, 5) is 5.55. The first-order chi connectivity index (χ1) is 9.69. The van der Waals surface area contributed by atoms with Crippen molar-refractivity contribution in [1.82, 2.24) is 9.55 Å². The van der Waals surface area contributed by atoms with Crippen molar-refractivity contribution in [1.29, 1.82) is 0 Å². The Morgan fingerprint density at radius 3 is 3.05 bits per heavy atom. The van der Waals surface area contributed by atoms with Crippen LogP contribution in [0.3, 0.4) is 0 Å². The van der Waals surface area contributed by atoms with Crippen LogP contribution in [0.4, 0.5) is 0 Å². The van der Waals surface area contributed by atoms with Gasteiger partial charge in [0.1, 0.15) is 5.82 Å². The Morgan fingerprint density at radius 1 is 1.45 bits per heavy atom. The van der Waals surface area contributed by atoms with Crippen molar-refractivity contribution < 1.29 is 0 Å². The van der Waals surface area contributed by atoms with E-state index in [1.165, 1.54) is 0 Å². The fraction of sp³-hybridized carbons (Fsp3) is 0.400. The van der Waals surface area contributed by atoms with Gasteiger partial charge < -0.3 is 10.3 Å². The predicted octanol–water partition coefficient (Wildman–Crippen LogP) is 3.61. The van der Waals surface area contributed by atoms with E-state index in [2.05, 4.69) is 22.5 Å². The van der Waals surface area contributed by atoms with Gasteiger partial charge in [0, 0.05) is 47.1 Å². The molecular weight excluding hydrogens is 290 g/mol. The Bertz CT molecular complexity index is 541. The van der Waals surface area contributed by atoms with Crippen molar-refractivity contribution in [3.63, 3.8) is 0 Å². The second-order valence-corrected chi connectivity index (χ2v) is 6.30. The molecule has 2 rings (SSSR count). The molecule has 0 amide bonds. The summed E-state index contributed by atoms with van der Waals surface area (Å²) in [7, 11) is 0. The number of hydrogen-bond donors (Lipinski definition) is 1. The van der Waals surface area contributed by atoms with Crippen LogP contribution >= 0.6 is 23.4 Å². The van der Waals surface area contributed by atoms with Crippen LogP contribution in [0.25, 0.3) is 0 Å². The lowest BCUT2D eigenvalue weighted by Crippen LogP contribution is -2.27. The second-order valence-electron chi connectivity index (χ2n) is 4.77.